The summed E-state index contributed by atoms with van der Waals surface area (Å²) in [6.45, 7) is 0. The molecule has 3 rings (SSSR count). The summed E-state index contributed by atoms with van der Waals surface area (Å²) in [5.41, 5.74) is 6.17. The van der Waals surface area contributed by atoms with Gasteiger partial charge in [0.1, 0.15) is 6.20 Å². The second kappa shape index (κ2) is 4.54. The summed E-state index contributed by atoms with van der Waals surface area (Å²) >= 11 is 0. The first-order valence-corrected chi connectivity index (χ1v) is 5.77. The number of rotatable bonds is 2. The first-order valence-electron chi connectivity index (χ1n) is 5.77. The molecule has 0 atom stereocenters. The van der Waals surface area contributed by atoms with E-state index in [1.54, 1.807) is 24.5 Å². The summed E-state index contributed by atoms with van der Waals surface area (Å²) in [7, 11) is 0. The largest absolute Gasteiger partial charge is 0.368 e. The summed E-state index contributed by atoms with van der Waals surface area (Å²) in [4.78, 5) is 22.3. The minimum absolute atomic E-state index is 0.00788. The van der Waals surface area contributed by atoms with Gasteiger partial charge in [0, 0.05) is 23.3 Å². The first-order chi connectivity index (χ1) is 9.66. The molecule has 2 aromatic heterocycles. The van der Waals surface area contributed by atoms with Gasteiger partial charge in [0.15, 0.2) is 5.69 Å². The number of aromatic nitrogens is 3. The Morgan fingerprint density at radius 3 is 2.85 bits per heavy atom. The molecule has 0 saturated carbocycles. The van der Waals surface area contributed by atoms with Crippen LogP contribution in [-0.4, -0.2) is 19.9 Å². The second-order valence-electron chi connectivity index (χ2n) is 4.12. The summed E-state index contributed by atoms with van der Waals surface area (Å²) in [5, 5.41) is 12.8. The van der Waals surface area contributed by atoms with E-state index in [0.717, 1.165) is 17.0 Å². The number of fused-ring (bicyclic) bond motifs is 1. The molecular weight excluding hydrogens is 258 g/mol. The van der Waals surface area contributed by atoms with Gasteiger partial charge in [-0.2, -0.15) is 0 Å². The SMILES string of the molecule is Nc1ncc([N+](=O)[O-])c(-c2cccc3ccncc23)n1. The van der Waals surface area contributed by atoms with Crippen LogP contribution in [0.2, 0.25) is 0 Å². The Morgan fingerprint density at radius 1 is 1.20 bits per heavy atom. The van der Waals surface area contributed by atoms with Gasteiger partial charge in [-0.1, -0.05) is 18.2 Å². The van der Waals surface area contributed by atoms with Crippen molar-refractivity contribution in [2.24, 2.45) is 0 Å². The number of benzene rings is 1. The number of nitrogen functional groups attached to an aromatic ring is 1. The molecule has 0 fully saturated rings. The normalized spacial score (nSPS) is 10.6. The van der Waals surface area contributed by atoms with E-state index in [-0.39, 0.29) is 17.3 Å². The van der Waals surface area contributed by atoms with Crippen molar-refractivity contribution in [2.45, 2.75) is 0 Å². The molecule has 0 bridgehead atoms. The van der Waals surface area contributed by atoms with E-state index < -0.39 is 4.92 Å². The highest BCUT2D eigenvalue weighted by molar-refractivity contribution is 5.96. The summed E-state index contributed by atoms with van der Waals surface area (Å²) in [6.07, 6.45) is 4.43. The highest BCUT2D eigenvalue weighted by Crippen LogP contribution is 2.32. The van der Waals surface area contributed by atoms with Crippen LogP contribution in [0.25, 0.3) is 22.0 Å². The third-order valence-corrected chi connectivity index (χ3v) is 2.92. The zero-order chi connectivity index (χ0) is 14.1. The molecule has 0 aliphatic rings. The minimum Gasteiger partial charge on any atom is -0.368 e. The molecule has 0 aliphatic heterocycles. The molecule has 2 N–H and O–H groups in total. The number of nitrogens with two attached hydrogens (primary N) is 1. The van der Waals surface area contributed by atoms with Crippen LogP contribution < -0.4 is 5.73 Å². The van der Waals surface area contributed by atoms with Crippen LogP contribution in [0.5, 0.6) is 0 Å². The zero-order valence-corrected chi connectivity index (χ0v) is 10.2. The van der Waals surface area contributed by atoms with Gasteiger partial charge in [-0.15, -0.1) is 0 Å². The van der Waals surface area contributed by atoms with E-state index in [1.165, 1.54) is 0 Å². The van der Waals surface area contributed by atoms with E-state index in [1.807, 2.05) is 12.1 Å². The number of pyridine rings is 1. The summed E-state index contributed by atoms with van der Waals surface area (Å²) in [6, 6.07) is 7.28. The van der Waals surface area contributed by atoms with Crippen LogP contribution in [0.15, 0.2) is 42.9 Å². The smallest absolute Gasteiger partial charge is 0.313 e. The number of nitro groups is 1. The van der Waals surface area contributed by atoms with Gasteiger partial charge >= 0.3 is 5.69 Å². The van der Waals surface area contributed by atoms with E-state index in [9.17, 15) is 10.1 Å². The Balaban J connectivity index is 2.36. The maximum atomic E-state index is 11.1. The van der Waals surface area contributed by atoms with E-state index in [4.69, 9.17) is 5.73 Å². The Kier molecular flexibility index (Phi) is 2.72. The topological polar surface area (TPSA) is 108 Å². The minimum atomic E-state index is -0.524. The zero-order valence-electron chi connectivity index (χ0n) is 10.2. The fourth-order valence-corrected chi connectivity index (χ4v) is 2.04. The molecule has 7 nitrogen and oxygen atoms in total. The predicted octanol–water partition coefficient (Wildman–Crippen LogP) is 2.18. The lowest BCUT2D eigenvalue weighted by Gasteiger charge is -2.06. The van der Waals surface area contributed by atoms with Gasteiger partial charge in [-0.05, 0) is 11.5 Å². The van der Waals surface area contributed by atoms with E-state index in [0.29, 0.717) is 5.56 Å². The Morgan fingerprint density at radius 2 is 2.05 bits per heavy atom. The number of hydrogen-bond acceptors (Lipinski definition) is 6. The van der Waals surface area contributed by atoms with Gasteiger partial charge < -0.3 is 5.73 Å². The number of nitrogens with zero attached hydrogens (tertiary/aromatic N) is 4. The van der Waals surface area contributed by atoms with Crippen LogP contribution in [0.4, 0.5) is 11.6 Å². The van der Waals surface area contributed by atoms with Crippen LogP contribution >= 0.6 is 0 Å². The second-order valence-corrected chi connectivity index (χ2v) is 4.12. The quantitative estimate of drug-likeness (QED) is 0.563. The van der Waals surface area contributed by atoms with Crippen molar-refractivity contribution >= 4 is 22.4 Å². The molecule has 0 radical (unpaired) electrons. The Hall–Kier alpha value is -3.09. The molecule has 0 unspecified atom stereocenters. The lowest BCUT2D eigenvalue weighted by molar-refractivity contribution is -0.384. The molecule has 1 aromatic carbocycles. The standard InChI is InChI=1S/C13H9N5O2/c14-13-16-7-11(18(19)20)12(17-13)9-3-1-2-8-4-5-15-6-10(8)9/h1-7H,(H2,14,16,17). The van der Waals surface area contributed by atoms with Crippen molar-refractivity contribution in [1.82, 2.24) is 15.0 Å². The van der Waals surface area contributed by atoms with Crippen molar-refractivity contribution < 1.29 is 4.92 Å². The maximum Gasteiger partial charge on any atom is 0.313 e. The van der Waals surface area contributed by atoms with Crippen molar-refractivity contribution in [1.29, 1.82) is 0 Å². The third-order valence-electron chi connectivity index (χ3n) is 2.92. The maximum absolute atomic E-state index is 11.1. The van der Waals surface area contributed by atoms with Gasteiger partial charge in [0.25, 0.3) is 0 Å². The lowest BCUT2D eigenvalue weighted by atomic mass is 10.0. The van der Waals surface area contributed by atoms with Crippen molar-refractivity contribution in [3.8, 4) is 11.3 Å². The predicted molar refractivity (Wildman–Crippen MR) is 73.8 cm³/mol. The molecule has 0 spiro atoms. The van der Waals surface area contributed by atoms with Crippen molar-refractivity contribution in [3.63, 3.8) is 0 Å². The molecule has 0 saturated heterocycles. The third kappa shape index (κ3) is 1.91. The van der Waals surface area contributed by atoms with Crippen LogP contribution in [-0.2, 0) is 0 Å². The van der Waals surface area contributed by atoms with Gasteiger partial charge in [-0.3, -0.25) is 15.1 Å². The number of anilines is 1. The van der Waals surface area contributed by atoms with Gasteiger partial charge in [0.05, 0.1) is 4.92 Å². The Labute approximate surface area is 113 Å². The first kappa shape index (κ1) is 12.0. The van der Waals surface area contributed by atoms with E-state index >= 15 is 0 Å². The van der Waals surface area contributed by atoms with Crippen molar-refractivity contribution in [3.05, 3.63) is 53.0 Å². The fourth-order valence-electron chi connectivity index (χ4n) is 2.04. The molecule has 3 aromatic rings. The molecule has 98 valence electrons. The molecule has 0 amide bonds. The van der Waals surface area contributed by atoms with Crippen LogP contribution in [0.1, 0.15) is 0 Å². The monoisotopic (exact) mass is 267 g/mol. The summed E-state index contributed by atoms with van der Waals surface area (Å²) < 4.78 is 0. The number of hydrogen-bond donors (Lipinski definition) is 1. The molecule has 0 aliphatic carbocycles. The lowest BCUT2D eigenvalue weighted by Crippen LogP contribution is -2.01. The fraction of sp³-hybridized carbons (Fsp3) is 0. The van der Waals surface area contributed by atoms with Gasteiger partial charge in [-0.25, -0.2) is 9.97 Å². The van der Waals surface area contributed by atoms with Gasteiger partial charge in [0.2, 0.25) is 5.95 Å². The average molecular weight is 267 g/mol. The van der Waals surface area contributed by atoms with E-state index in [2.05, 4.69) is 15.0 Å². The molecular formula is C13H9N5O2. The average Bonchev–Trinajstić information content (AvgIpc) is 2.46. The highest BCUT2D eigenvalue weighted by Gasteiger charge is 2.19. The highest BCUT2D eigenvalue weighted by atomic mass is 16.6. The summed E-state index contributed by atoms with van der Waals surface area (Å²) in [5.74, 6) is -0.00788. The molecule has 20 heavy (non-hydrogen) atoms. The molecule has 7 heteroatoms. The van der Waals surface area contributed by atoms with Crippen molar-refractivity contribution in [2.75, 3.05) is 5.73 Å². The molecule has 2 heterocycles. The Bertz CT molecular complexity index is 813. The van der Waals surface area contributed by atoms with Crippen LogP contribution in [0.3, 0.4) is 0 Å². The van der Waals surface area contributed by atoms with Crippen LogP contribution in [0, 0.1) is 10.1 Å².